The van der Waals surface area contributed by atoms with E-state index < -0.39 is 11.8 Å². The summed E-state index contributed by atoms with van der Waals surface area (Å²) in [5.74, 6) is 0.247. The molecule has 29 heavy (non-hydrogen) atoms. The number of benzene rings is 2. The van der Waals surface area contributed by atoms with Gasteiger partial charge < -0.3 is 9.47 Å². The molecule has 0 saturated carbocycles. The number of amides is 2. The molecule has 0 aliphatic heterocycles. The molecule has 0 aliphatic carbocycles. The molecular formula is C21H25N3O4S. The zero-order valence-corrected chi connectivity index (χ0v) is 17.3. The number of para-hydroxylation sites is 1. The third-order valence-corrected chi connectivity index (χ3v) is 3.88. The van der Waals surface area contributed by atoms with Crippen LogP contribution >= 0.6 is 12.2 Å². The fourth-order valence-electron chi connectivity index (χ4n) is 2.33. The van der Waals surface area contributed by atoms with Crippen molar-refractivity contribution in [3.8, 4) is 11.5 Å². The number of hydrogen-bond donors (Lipinski definition) is 3. The Labute approximate surface area is 175 Å². The summed E-state index contributed by atoms with van der Waals surface area (Å²) < 4.78 is 11.1. The molecule has 0 aliphatic rings. The number of thiocarbonyl (C=S) groups is 1. The number of hydrogen-bond acceptors (Lipinski definition) is 5. The van der Waals surface area contributed by atoms with Crippen molar-refractivity contribution in [2.45, 2.75) is 26.7 Å². The first-order valence-corrected chi connectivity index (χ1v) is 9.82. The van der Waals surface area contributed by atoms with Gasteiger partial charge >= 0.3 is 0 Å². The molecule has 3 N–H and O–H groups in total. The lowest BCUT2D eigenvalue weighted by Crippen LogP contribution is -2.48. The van der Waals surface area contributed by atoms with Crippen LogP contribution in [0.2, 0.25) is 0 Å². The highest BCUT2D eigenvalue weighted by Crippen LogP contribution is 2.17. The Kier molecular flexibility index (Phi) is 8.91. The van der Waals surface area contributed by atoms with E-state index in [2.05, 4.69) is 16.2 Å². The molecule has 0 spiro atoms. The molecule has 154 valence electrons. The Morgan fingerprint density at radius 1 is 0.897 bits per heavy atom. The third-order valence-electron chi connectivity index (χ3n) is 3.68. The number of carbonyl (C=O) groups excluding carboxylic acids is 2. The Bertz CT molecular complexity index is 857. The lowest BCUT2D eigenvalue weighted by atomic mass is 10.2. The number of ether oxygens (including phenoxy) is 2. The van der Waals surface area contributed by atoms with Gasteiger partial charge in [-0.3, -0.25) is 25.8 Å². The SMILES string of the molecule is CCCOc1cccc(C(=O)NC(=S)NNC(=O)c2ccccc2OCCC)c1. The van der Waals surface area contributed by atoms with Gasteiger partial charge in [0.2, 0.25) is 0 Å². The molecule has 0 fully saturated rings. The Morgan fingerprint density at radius 3 is 2.38 bits per heavy atom. The highest BCUT2D eigenvalue weighted by Gasteiger charge is 2.13. The Morgan fingerprint density at radius 2 is 1.62 bits per heavy atom. The first-order valence-electron chi connectivity index (χ1n) is 9.41. The second-order valence-corrected chi connectivity index (χ2v) is 6.49. The summed E-state index contributed by atoms with van der Waals surface area (Å²) in [5.41, 5.74) is 5.75. The number of hydrazine groups is 1. The maximum atomic E-state index is 12.4. The standard InChI is InChI=1S/C21H25N3O4S/c1-3-12-27-16-9-7-8-15(14-16)19(25)22-21(29)24-23-20(26)17-10-5-6-11-18(17)28-13-4-2/h5-11,14H,3-4,12-13H2,1-2H3,(H,23,26)(H2,22,24,25,29). The van der Waals surface area contributed by atoms with Crippen LogP contribution in [0.25, 0.3) is 0 Å². The fraction of sp³-hybridized carbons (Fsp3) is 0.286. The summed E-state index contributed by atoms with van der Waals surface area (Å²) in [6.45, 7) is 5.06. The van der Waals surface area contributed by atoms with E-state index in [1.807, 2.05) is 13.8 Å². The summed E-state index contributed by atoms with van der Waals surface area (Å²) in [6.07, 6.45) is 1.70. The summed E-state index contributed by atoms with van der Waals surface area (Å²) in [6, 6.07) is 13.7. The molecule has 0 aromatic heterocycles. The highest BCUT2D eigenvalue weighted by atomic mass is 32.1. The predicted octanol–water partition coefficient (Wildman–Crippen LogP) is 3.21. The van der Waals surface area contributed by atoms with Gasteiger partial charge in [0.15, 0.2) is 5.11 Å². The summed E-state index contributed by atoms with van der Waals surface area (Å²) in [4.78, 5) is 24.7. The zero-order chi connectivity index (χ0) is 21.1. The van der Waals surface area contributed by atoms with Gasteiger partial charge in [0.1, 0.15) is 11.5 Å². The second-order valence-electron chi connectivity index (χ2n) is 6.08. The number of nitrogens with one attached hydrogen (secondary N) is 3. The molecule has 8 heteroatoms. The second kappa shape index (κ2) is 11.7. The van der Waals surface area contributed by atoms with Crippen molar-refractivity contribution in [3.05, 3.63) is 59.7 Å². The minimum atomic E-state index is -0.428. The van der Waals surface area contributed by atoms with Crippen molar-refractivity contribution in [1.29, 1.82) is 0 Å². The lowest BCUT2D eigenvalue weighted by molar-refractivity contribution is 0.0931. The fourth-order valence-corrected chi connectivity index (χ4v) is 2.47. The molecule has 2 aromatic carbocycles. The molecular weight excluding hydrogens is 390 g/mol. The van der Waals surface area contributed by atoms with Gasteiger partial charge in [-0.25, -0.2) is 0 Å². The molecule has 2 aromatic rings. The molecule has 2 rings (SSSR count). The van der Waals surface area contributed by atoms with E-state index in [0.717, 1.165) is 12.8 Å². The number of rotatable bonds is 8. The average molecular weight is 416 g/mol. The van der Waals surface area contributed by atoms with Crippen molar-refractivity contribution in [1.82, 2.24) is 16.2 Å². The van der Waals surface area contributed by atoms with Gasteiger partial charge in [0.25, 0.3) is 11.8 Å². The van der Waals surface area contributed by atoms with E-state index in [-0.39, 0.29) is 5.11 Å². The van der Waals surface area contributed by atoms with E-state index in [1.165, 1.54) is 0 Å². The van der Waals surface area contributed by atoms with E-state index in [1.54, 1.807) is 48.5 Å². The summed E-state index contributed by atoms with van der Waals surface area (Å²) >= 11 is 5.08. The normalized spacial score (nSPS) is 10.0. The van der Waals surface area contributed by atoms with Crippen LogP contribution in [-0.4, -0.2) is 30.1 Å². The first-order chi connectivity index (χ1) is 14.0. The quantitative estimate of drug-likeness (QED) is 0.453. The molecule has 0 unspecified atom stereocenters. The minimum Gasteiger partial charge on any atom is -0.494 e. The maximum Gasteiger partial charge on any atom is 0.273 e. The topological polar surface area (TPSA) is 88.7 Å². The van der Waals surface area contributed by atoms with E-state index in [0.29, 0.717) is 35.8 Å². The van der Waals surface area contributed by atoms with Gasteiger partial charge in [-0.1, -0.05) is 32.0 Å². The van der Waals surface area contributed by atoms with Crippen LogP contribution < -0.4 is 25.6 Å². The van der Waals surface area contributed by atoms with E-state index >= 15 is 0 Å². The van der Waals surface area contributed by atoms with Crippen LogP contribution in [0.4, 0.5) is 0 Å². The monoisotopic (exact) mass is 415 g/mol. The van der Waals surface area contributed by atoms with Gasteiger partial charge in [0, 0.05) is 5.56 Å². The van der Waals surface area contributed by atoms with Crippen molar-refractivity contribution in [2.24, 2.45) is 0 Å². The largest absolute Gasteiger partial charge is 0.494 e. The molecule has 0 heterocycles. The van der Waals surface area contributed by atoms with Crippen molar-refractivity contribution < 1.29 is 19.1 Å². The Hall–Kier alpha value is -3.13. The molecule has 0 saturated heterocycles. The van der Waals surface area contributed by atoms with Crippen LogP contribution in [0, 0.1) is 0 Å². The van der Waals surface area contributed by atoms with Gasteiger partial charge in [-0.05, 0) is 55.4 Å². The van der Waals surface area contributed by atoms with Crippen LogP contribution in [0.5, 0.6) is 11.5 Å². The van der Waals surface area contributed by atoms with Crippen LogP contribution in [0.3, 0.4) is 0 Å². The first kappa shape index (κ1) is 22.2. The van der Waals surface area contributed by atoms with Gasteiger partial charge in [-0.15, -0.1) is 0 Å². The average Bonchev–Trinajstić information content (AvgIpc) is 2.75. The summed E-state index contributed by atoms with van der Waals surface area (Å²) in [5, 5.41) is 2.48. The van der Waals surface area contributed by atoms with Crippen molar-refractivity contribution >= 4 is 29.1 Å². The minimum absolute atomic E-state index is 0.0322. The van der Waals surface area contributed by atoms with Crippen LogP contribution in [0.1, 0.15) is 47.4 Å². The molecule has 2 amide bonds. The van der Waals surface area contributed by atoms with Gasteiger partial charge in [0.05, 0.1) is 18.8 Å². The van der Waals surface area contributed by atoms with Crippen molar-refractivity contribution in [3.63, 3.8) is 0 Å². The Balaban J connectivity index is 1.90. The summed E-state index contributed by atoms with van der Waals surface area (Å²) in [7, 11) is 0. The van der Waals surface area contributed by atoms with E-state index in [4.69, 9.17) is 21.7 Å². The van der Waals surface area contributed by atoms with E-state index in [9.17, 15) is 9.59 Å². The molecule has 0 atom stereocenters. The smallest absolute Gasteiger partial charge is 0.273 e. The lowest BCUT2D eigenvalue weighted by Gasteiger charge is -2.13. The zero-order valence-electron chi connectivity index (χ0n) is 16.5. The predicted molar refractivity (Wildman–Crippen MR) is 115 cm³/mol. The highest BCUT2D eigenvalue weighted by molar-refractivity contribution is 7.80. The van der Waals surface area contributed by atoms with Crippen LogP contribution in [0.15, 0.2) is 48.5 Å². The molecule has 7 nitrogen and oxygen atoms in total. The van der Waals surface area contributed by atoms with Gasteiger partial charge in [-0.2, -0.15) is 0 Å². The van der Waals surface area contributed by atoms with Crippen molar-refractivity contribution in [2.75, 3.05) is 13.2 Å². The molecule has 0 bridgehead atoms. The maximum absolute atomic E-state index is 12.4. The third kappa shape index (κ3) is 7.08. The van der Waals surface area contributed by atoms with Crippen LogP contribution in [-0.2, 0) is 0 Å². The molecule has 0 radical (unpaired) electrons. The number of carbonyl (C=O) groups is 2.